The first kappa shape index (κ1) is 16.7. The van der Waals surface area contributed by atoms with Gasteiger partial charge in [-0.15, -0.1) is 12.4 Å². The highest BCUT2D eigenvalue weighted by molar-refractivity contribution is 5.85. The summed E-state index contributed by atoms with van der Waals surface area (Å²) in [6.07, 6.45) is 0. The molecule has 1 aliphatic rings. The quantitative estimate of drug-likeness (QED) is 0.871. The Hall–Kier alpha value is -1.33. The van der Waals surface area contributed by atoms with Crippen molar-refractivity contribution in [2.75, 3.05) is 20.2 Å². The van der Waals surface area contributed by atoms with Gasteiger partial charge >= 0.3 is 0 Å². The highest BCUT2D eigenvalue weighted by Gasteiger charge is 2.28. The minimum atomic E-state index is -0.363. The average molecular weight is 303 g/mol. The van der Waals surface area contributed by atoms with E-state index in [4.69, 9.17) is 4.74 Å². The van der Waals surface area contributed by atoms with Crippen molar-refractivity contribution in [2.24, 2.45) is 11.8 Å². The number of methoxy groups -OCH3 is 1. The van der Waals surface area contributed by atoms with E-state index in [1.54, 1.807) is 12.1 Å². The van der Waals surface area contributed by atoms with Crippen LogP contribution in [0.3, 0.4) is 0 Å². The summed E-state index contributed by atoms with van der Waals surface area (Å²) >= 11 is 0. The van der Waals surface area contributed by atoms with Gasteiger partial charge in [0.2, 0.25) is 5.91 Å². The van der Waals surface area contributed by atoms with E-state index < -0.39 is 0 Å². The molecule has 1 saturated heterocycles. The van der Waals surface area contributed by atoms with Crippen molar-refractivity contribution in [1.29, 1.82) is 0 Å². The van der Waals surface area contributed by atoms with Crippen LogP contribution < -0.4 is 15.4 Å². The molecule has 0 aliphatic carbocycles. The highest BCUT2D eigenvalue weighted by Crippen LogP contribution is 2.18. The van der Waals surface area contributed by atoms with E-state index in [1.807, 2.05) is 6.92 Å². The molecule has 0 spiro atoms. The first-order chi connectivity index (χ1) is 9.11. The Labute approximate surface area is 124 Å². The molecule has 1 aromatic rings. The topological polar surface area (TPSA) is 50.4 Å². The van der Waals surface area contributed by atoms with Crippen molar-refractivity contribution in [3.8, 4) is 5.75 Å². The van der Waals surface area contributed by atoms with Gasteiger partial charge in [-0.2, -0.15) is 0 Å². The number of halogens is 2. The first-order valence-corrected chi connectivity index (χ1v) is 6.42. The van der Waals surface area contributed by atoms with Crippen LogP contribution in [0, 0.1) is 17.7 Å². The molecule has 112 valence electrons. The van der Waals surface area contributed by atoms with Crippen LogP contribution in [0.1, 0.15) is 12.5 Å². The molecule has 1 aliphatic heterocycles. The summed E-state index contributed by atoms with van der Waals surface area (Å²) in [6.45, 7) is 3.88. The lowest BCUT2D eigenvalue weighted by atomic mass is 9.88. The van der Waals surface area contributed by atoms with Crippen molar-refractivity contribution in [3.05, 3.63) is 29.6 Å². The van der Waals surface area contributed by atoms with E-state index in [-0.39, 0.29) is 36.6 Å². The summed E-state index contributed by atoms with van der Waals surface area (Å²) in [7, 11) is 1.49. The lowest BCUT2D eigenvalue weighted by molar-refractivity contribution is -0.126. The molecule has 1 atom stereocenters. The fourth-order valence-electron chi connectivity index (χ4n) is 2.02. The van der Waals surface area contributed by atoms with Gasteiger partial charge in [0.15, 0.2) is 0 Å². The van der Waals surface area contributed by atoms with Crippen LogP contribution >= 0.6 is 12.4 Å². The molecule has 1 fully saturated rings. The second kappa shape index (κ2) is 7.45. The fourth-order valence-corrected chi connectivity index (χ4v) is 2.02. The Bertz CT molecular complexity index is 466. The number of carbonyl (C=O) groups excluding carboxylic acids is 1. The Morgan fingerprint density at radius 3 is 2.75 bits per heavy atom. The summed E-state index contributed by atoms with van der Waals surface area (Å²) in [4.78, 5) is 11.9. The molecule has 1 unspecified atom stereocenters. The number of ether oxygens (including phenoxy) is 1. The Kier molecular flexibility index (Phi) is 6.23. The van der Waals surface area contributed by atoms with Crippen molar-refractivity contribution < 1.29 is 13.9 Å². The Morgan fingerprint density at radius 1 is 1.55 bits per heavy atom. The zero-order valence-corrected chi connectivity index (χ0v) is 12.4. The second-order valence-corrected chi connectivity index (χ2v) is 4.88. The summed E-state index contributed by atoms with van der Waals surface area (Å²) in [5.41, 5.74) is 0.466. The van der Waals surface area contributed by atoms with Crippen LogP contribution in [0.25, 0.3) is 0 Å². The lowest BCUT2D eigenvalue weighted by Crippen LogP contribution is -2.49. The third kappa shape index (κ3) is 3.84. The van der Waals surface area contributed by atoms with Crippen LogP contribution in [0.2, 0.25) is 0 Å². The Balaban J connectivity index is 0.00000200. The third-order valence-corrected chi connectivity index (χ3v) is 3.65. The average Bonchev–Trinajstić information content (AvgIpc) is 2.34. The van der Waals surface area contributed by atoms with Gasteiger partial charge < -0.3 is 15.4 Å². The van der Waals surface area contributed by atoms with Gasteiger partial charge in [-0.05, 0) is 25.1 Å². The van der Waals surface area contributed by atoms with Crippen LogP contribution in [0.5, 0.6) is 5.75 Å². The number of nitrogens with one attached hydrogen (secondary N) is 2. The summed E-state index contributed by atoms with van der Waals surface area (Å²) in [5.74, 6) is 0.434. The van der Waals surface area contributed by atoms with Crippen LogP contribution in [0.15, 0.2) is 18.2 Å². The van der Waals surface area contributed by atoms with E-state index in [0.717, 1.165) is 13.1 Å². The van der Waals surface area contributed by atoms with Gasteiger partial charge in [-0.25, -0.2) is 4.39 Å². The molecular weight excluding hydrogens is 283 g/mol. The smallest absolute Gasteiger partial charge is 0.223 e. The number of benzene rings is 1. The maximum atomic E-state index is 13.7. The lowest BCUT2D eigenvalue weighted by Gasteiger charge is -2.31. The number of carbonyl (C=O) groups is 1. The molecule has 1 heterocycles. The number of amides is 1. The van der Waals surface area contributed by atoms with Crippen LogP contribution in [-0.2, 0) is 11.3 Å². The third-order valence-electron chi connectivity index (χ3n) is 3.65. The van der Waals surface area contributed by atoms with Crippen LogP contribution in [0.4, 0.5) is 4.39 Å². The van der Waals surface area contributed by atoms with Gasteiger partial charge in [0, 0.05) is 24.1 Å². The Morgan fingerprint density at radius 2 is 2.25 bits per heavy atom. The molecule has 20 heavy (non-hydrogen) atoms. The standard InChI is InChI=1S/C14H19FN2O2.ClH/c1-9(11-6-16-7-11)14(18)17-8-10-3-4-12(19-2)5-13(10)15;/h3-5,9,11,16H,6-8H2,1-2H3,(H,17,18);1H. The van der Waals surface area contributed by atoms with Gasteiger partial charge in [-0.1, -0.05) is 13.0 Å². The van der Waals surface area contributed by atoms with Crippen molar-refractivity contribution in [2.45, 2.75) is 13.5 Å². The van der Waals surface area contributed by atoms with E-state index in [1.165, 1.54) is 13.2 Å². The maximum absolute atomic E-state index is 13.7. The molecule has 0 radical (unpaired) electrons. The fraction of sp³-hybridized carbons (Fsp3) is 0.500. The van der Waals surface area contributed by atoms with Crippen LogP contribution in [-0.4, -0.2) is 26.1 Å². The van der Waals surface area contributed by atoms with Crippen molar-refractivity contribution >= 4 is 18.3 Å². The molecule has 6 heteroatoms. The summed E-state index contributed by atoms with van der Waals surface area (Å²) < 4.78 is 18.6. The SMILES string of the molecule is COc1ccc(CNC(=O)C(C)C2CNC2)c(F)c1.Cl. The number of hydrogen-bond acceptors (Lipinski definition) is 3. The van der Waals surface area contributed by atoms with E-state index >= 15 is 0 Å². The zero-order chi connectivity index (χ0) is 13.8. The molecule has 0 saturated carbocycles. The molecule has 2 N–H and O–H groups in total. The second-order valence-electron chi connectivity index (χ2n) is 4.88. The highest BCUT2D eigenvalue weighted by atomic mass is 35.5. The molecule has 4 nitrogen and oxygen atoms in total. The minimum absolute atomic E-state index is 0. The first-order valence-electron chi connectivity index (χ1n) is 6.42. The van der Waals surface area contributed by atoms with Gasteiger partial charge in [0.1, 0.15) is 11.6 Å². The largest absolute Gasteiger partial charge is 0.497 e. The summed E-state index contributed by atoms with van der Waals surface area (Å²) in [5, 5.41) is 5.92. The van der Waals surface area contributed by atoms with E-state index in [9.17, 15) is 9.18 Å². The van der Waals surface area contributed by atoms with Crippen molar-refractivity contribution in [3.63, 3.8) is 0 Å². The van der Waals surface area contributed by atoms with E-state index in [0.29, 0.717) is 17.2 Å². The number of hydrogen-bond donors (Lipinski definition) is 2. The van der Waals surface area contributed by atoms with Gasteiger partial charge in [0.25, 0.3) is 0 Å². The predicted octanol–water partition coefficient (Wildman–Crippen LogP) is 1.73. The normalized spacial score (nSPS) is 15.8. The van der Waals surface area contributed by atoms with Gasteiger partial charge in [0.05, 0.1) is 7.11 Å². The zero-order valence-electron chi connectivity index (χ0n) is 11.6. The van der Waals surface area contributed by atoms with E-state index in [2.05, 4.69) is 10.6 Å². The summed E-state index contributed by atoms with van der Waals surface area (Å²) in [6, 6.07) is 4.63. The van der Waals surface area contributed by atoms with Crippen molar-refractivity contribution in [1.82, 2.24) is 10.6 Å². The van der Waals surface area contributed by atoms with Gasteiger partial charge in [-0.3, -0.25) is 4.79 Å². The molecule has 0 aromatic heterocycles. The number of rotatable bonds is 5. The molecule has 1 aromatic carbocycles. The predicted molar refractivity (Wildman–Crippen MR) is 77.6 cm³/mol. The molecule has 2 rings (SSSR count). The minimum Gasteiger partial charge on any atom is -0.497 e. The maximum Gasteiger partial charge on any atom is 0.223 e. The monoisotopic (exact) mass is 302 g/mol. The molecule has 1 amide bonds. The molecular formula is C14H20ClFN2O2. The molecule has 0 bridgehead atoms.